The van der Waals surface area contributed by atoms with E-state index in [0.29, 0.717) is 34.4 Å². The summed E-state index contributed by atoms with van der Waals surface area (Å²) in [5, 5.41) is 2.29. The van der Waals surface area contributed by atoms with Crippen LogP contribution in [-0.2, 0) is 16.6 Å². The summed E-state index contributed by atoms with van der Waals surface area (Å²) in [5.74, 6) is -0.234. The number of fused-ring (bicyclic) bond motifs is 2. The number of imidazole rings is 1. The summed E-state index contributed by atoms with van der Waals surface area (Å²) in [6, 6.07) is 2.78. The minimum absolute atomic E-state index is 0.211. The van der Waals surface area contributed by atoms with Crippen LogP contribution < -0.4 is 11.0 Å². The van der Waals surface area contributed by atoms with Gasteiger partial charge >= 0.3 is 5.69 Å². The maximum atomic E-state index is 12.6. The predicted octanol–water partition coefficient (Wildman–Crippen LogP) is 0.767. The molecule has 1 aliphatic heterocycles. The highest BCUT2D eigenvalue weighted by Crippen LogP contribution is 2.27. The van der Waals surface area contributed by atoms with Crippen molar-refractivity contribution in [3.63, 3.8) is 0 Å². The van der Waals surface area contributed by atoms with Gasteiger partial charge in [0.15, 0.2) is 11.5 Å². The van der Waals surface area contributed by atoms with Crippen molar-refractivity contribution < 1.29 is 14.0 Å². The molecule has 1 saturated heterocycles. The summed E-state index contributed by atoms with van der Waals surface area (Å²) in [7, 11) is 1.64. The molecule has 2 amide bonds. The van der Waals surface area contributed by atoms with Crippen LogP contribution in [0.15, 0.2) is 21.3 Å². The number of oxazole rings is 1. The van der Waals surface area contributed by atoms with E-state index < -0.39 is 11.9 Å². The minimum Gasteiger partial charge on any atom is -0.441 e. The van der Waals surface area contributed by atoms with E-state index in [1.165, 1.54) is 9.13 Å². The summed E-state index contributed by atoms with van der Waals surface area (Å²) in [5.41, 5.74) is 2.17. The van der Waals surface area contributed by atoms with E-state index in [2.05, 4.69) is 10.3 Å². The number of amides is 2. The third-order valence-corrected chi connectivity index (χ3v) is 4.23. The van der Waals surface area contributed by atoms with Gasteiger partial charge in [-0.05, 0) is 12.5 Å². The molecule has 0 bridgehead atoms. The van der Waals surface area contributed by atoms with Gasteiger partial charge in [0.05, 0.1) is 11.0 Å². The maximum absolute atomic E-state index is 12.6. The Hall–Kier alpha value is -2.90. The van der Waals surface area contributed by atoms with Crippen LogP contribution in [-0.4, -0.2) is 25.9 Å². The topological polar surface area (TPSA) is 99.1 Å². The highest BCUT2D eigenvalue weighted by Gasteiger charge is 2.31. The van der Waals surface area contributed by atoms with Gasteiger partial charge in [0.2, 0.25) is 11.8 Å². The number of piperidine rings is 1. The van der Waals surface area contributed by atoms with Crippen LogP contribution in [0.2, 0.25) is 0 Å². The normalized spacial score (nSPS) is 18.8. The van der Waals surface area contributed by atoms with Gasteiger partial charge in [-0.2, -0.15) is 0 Å². The molecule has 23 heavy (non-hydrogen) atoms. The lowest BCUT2D eigenvalue weighted by molar-refractivity contribution is -0.135. The minimum atomic E-state index is -0.703. The summed E-state index contributed by atoms with van der Waals surface area (Å²) in [4.78, 5) is 40.3. The lowest BCUT2D eigenvalue weighted by Crippen LogP contribution is -2.44. The SMILES string of the molecule is Cc1nc2cc3c(cc2o1)n(C1CCC(=O)NC1=O)c(=O)n3C. The van der Waals surface area contributed by atoms with Crippen molar-refractivity contribution in [1.82, 2.24) is 19.4 Å². The number of imide groups is 1. The Labute approximate surface area is 129 Å². The number of nitrogens with zero attached hydrogens (tertiary/aromatic N) is 3. The fourth-order valence-electron chi connectivity index (χ4n) is 3.13. The molecule has 8 heteroatoms. The maximum Gasteiger partial charge on any atom is 0.329 e. The highest BCUT2D eigenvalue weighted by atomic mass is 16.3. The van der Waals surface area contributed by atoms with Gasteiger partial charge in [-0.3, -0.25) is 24.0 Å². The number of rotatable bonds is 1. The molecule has 2 aromatic heterocycles. The van der Waals surface area contributed by atoms with Crippen LogP contribution in [0.4, 0.5) is 0 Å². The largest absolute Gasteiger partial charge is 0.441 e. The molecule has 0 aliphatic carbocycles. The van der Waals surface area contributed by atoms with Crippen molar-refractivity contribution in [1.29, 1.82) is 0 Å². The molecule has 1 aromatic carbocycles. The summed E-state index contributed by atoms with van der Waals surface area (Å²) >= 11 is 0. The number of aryl methyl sites for hydroxylation is 2. The first kappa shape index (κ1) is 13.7. The number of benzene rings is 1. The smallest absolute Gasteiger partial charge is 0.329 e. The molecule has 118 valence electrons. The zero-order chi connectivity index (χ0) is 16.3. The molecule has 3 heterocycles. The van der Waals surface area contributed by atoms with Gasteiger partial charge in [0.1, 0.15) is 11.6 Å². The van der Waals surface area contributed by atoms with Crippen molar-refractivity contribution in [3.8, 4) is 0 Å². The highest BCUT2D eigenvalue weighted by molar-refractivity contribution is 6.00. The van der Waals surface area contributed by atoms with Crippen LogP contribution in [0.3, 0.4) is 0 Å². The number of hydrogen-bond acceptors (Lipinski definition) is 5. The summed E-state index contributed by atoms with van der Waals surface area (Å²) in [6.07, 6.45) is 0.514. The van der Waals surface area contributed by atoms with E-state index in [-0.39, 0.29) is 18.0 Å². The number of aromatic nitrogens is 3. The van der Waals surface area contributed by atoms with Crippen molar-refractivity contribution in [2.75, 3.05) is 0 Å². The Balaban J connectivity index is 2.00. The molecule has 1 fully saturated rings. The first-order valence-electron chi connectivity index (χ1n) is 7.27. The molecule has 1 aliphatic rings. The van der Waals surface area contributed by atoms with Gasteiger partial charge in [-0.25, -0.2) is 9.78 Å². The molecule has 1 unspecified atom stereocenters. The Morgan fingerprint density at radius 2 is 2.04 bits per heavy atom. The molecule has 0 radical (unpaired) electrons. The quantitative estimate of drug-likeness (QED) is 0.669. The molecule has 0 spiro atoms. The standard InChI is InChI=1S/C15H14N4O4/c1-7-16-8-5-10-11(6-12(8)23-7)19(15(22)18(10)2)9-3-4-13(20)17-14(9)21/h5-6,9H,3-4H2,1-2H3,(H,17,20,21). The average Bonchev–Trinajstić information content (AvgIpc) is 2.96. The third kappa shape index (κ3) is 1.91. The second kappa shape index (κ2) is 4.55. The van der Waals surface area contributed by atoms with Crippen molar-refractivity contribution in [3.05, 3.63) is 28.5 Å². The van der Waals surface area contributed by atoms with Crippen LogP contribution in [0.5, 0.6) is 0 Å². The number of hydrogen-bond donors (Lipinski definition) is 1. The van der Waals surface area contributed by atoms with Gasteiger partial charge in [0, 0.05) is 26.5 Å². The molecule has 1 N–H and O–H groups in total. The monoisotopic (exact) mass is 314 g/mol. The number of carbonyl (C=O) groups excluding carboxylic acids is 2. The Bertz CT molecular complexity index is 1040. The molecule has 3 aromatic rings. The van der Waals surface area contributed by atoms with Gasteiger partial charge in [-0.15, -0.1) is 0 Å². The van der Waals surface area contributed by atoms with Crippen LogP contribution in [0, 0.1) is 6.92 Å². The summed E-state index contributed by atoms with van der Waals surface area (Å²) in [6.45, 7) is 1.75. The zero-order valence-electron chi connectivity index (χ0n) is 12.6. The second-order valence-corrected chi connectivity index (χ2v) is 5.72. The average molecular weight is 314 g/mol. The van der Waals surface area contributed by atoms with E-state index in [0.717, 1.165) is 0 Å². The van der Waals surface area contributed by atoms with E-state index >= 15 is 0 Å². The lowest BCUT2D eigenvalue weighted by atomic mass is 10.1. The Morgan fingerprint density at radius 1 is 1.26 bits per heavy atom. The molecular formula is C15H14N4O4. The van der Waals surface area contributed by atoms with Crippen LogP contribution >= 0.6 is 0 Å². The fourth-order valence-corrected chi connectivity index (χ4v) is 3.13. The van der Waals surface area contributed by atoms with E-state index in [9.17, 15) is 14.4 Å². The van der Waals surface area contributed by atoms with E-state index in [1.807, 2.05) is 0 Å². The Morgan fingerprint density at radius 3 is 2.78 bits per heavy atom. The van der Waals surface area contributed by atoms with Gasteiger partial charge < -0.3 is 4.42 Å². The molecule has 0 saturated carbocycles. The first-order chi connectivity index (χ1) is 11.0. The molecule has 1 atom stereocenters. The van der Waals surface area contributed by atoms with Crippen LogP contribution in [0.1, 0.15) is 24.8 Å². The van der Waals surface area contributed by atoms with Gasteiger partial charge in [0.25, 0.3) is 0 Å². The van der Waals surface area contributed by atoms with Crippen molar-refractivity contribution in [2.45, 2.75) is 25.8 Å². The van der Waals surface area contributed by atoms with Gasteiger partial charge in [-0.1, -0.05) is 0 Å². The predicted molar refractivity (Wildman–Crippen MR) is 80.9 cm³/mol. The summed E-state index contributed by atoms with van der Waals surface area (Å²) < 4.78 is 8.42. The third-order valence-electron chi connectivity index (χ3n) is 4.23. The number of nitrogens with one attached hydrogen (secondary N) is 1. The Kier molecular flexibility index (Phi) is 2.72. The molecule has 8 nitrogen and oxygen atoms in total. The second-order valence-electron chi connectivity index (χ2n) is 5.72. The van der Waals surface area contributed by atoms with Crippen LogP contribution in [0.25, 0.3) is 22.1 Å². The van der Waals surface area contributed by atoms with E-state index in [4.69, 9.17) is 4.42 Å². The molecular weight excluding hydrogens is 300 g/mol. The lowest BCUT2D eigenvalue weighted by Gasteiger charge is -2.21. The van der Waals surface area contributed by atoms with Crippen molar-refractivity contribution in [2.24, 2.45) is 7.05 Å². The fraction of sp³-hybridized carbons (Fsp3) is 0.333. The van der Waals surface area contributed by atoms with Crippen molar-refractivity contribution >= 4 is 33.9 Å². The van der Waals surface area contributed by atoms with E-state index in [1.54, 1.807) is 26.1 Å². The number of carbonyl (C=O) groups is 2. The molecule has 4 rings (SSSR count). The zero-order valence-corrected chi connectivity index (χ0v) is 12.6. The first-order valence-corrected chi connectivity index (χ1v) is 7.27.